The van der Waals surface area contributed by atoms with Crippen LogP contribution in [0.3, 0.4) is 0 Å². The highest BCUT2D eigenvalue weighted by Crippen LogP contribution is 2.30. The van der Waals surface area contributed by atoms with Crippen molar-refractivity contribution in [3.8, 4) is 6.07 Å². The second-order valence-corrected chi connectivity index (χ2v) is 4.79. The number of hydrogen-bond acceptors (Lipinski definition) is 1. The molecule has 1 nitrogen and oxygen atoms in total. The highest BCUT2D eigenvalue weighted by Gasteiger charge is 2.17. The lowest BCUT2D eigenvalue weighted by atomic mass is 9.86. The SMILES string of the molecule is Cc1cc(C)c(C(C#N)c2ccccc2)c(C)c1. The molecule has 1 atom stereocenters. The number of hydrogen-bond donors (Lipinski definition) is 0. The van der Waals surface area contributed by atoms with Crippen molar-refractivity contribution in [3.05, 3.63) is 70.3 Å². The maximum atomic E-state index is 9.50. The average molecular weight is 235 g/mol. The molecular weight excluding hydrogens is 218 g/mol. The van der Waals surface area contributed by atoms with Gasteiger partial charge in [-0.25, -0.2) is 0 Å². The van der Waals surface area contributed by atoms with Crippen molar-refractivity contribution >= 4 is 0 Å². The molecule has 90 valence electrons. The third kappa shape index (κ3) is 2.28. The van der Waals surface area contributed by atoms with E-state index >= 15 is 0 Å². The van der Waals surface area contributed by atoms with Gasteiger partial charge in [-0.15, -0.1) is 0 Å². The van der Waals surface area contributed by atoms with Gasteiger partial charge in [-0.3, -0.25) is 0 Å². The van der Waals surface area contributed by atoms with Crippen molar-refractivity contribution in [1.82, 2.24) is 0 Å². The Morgan fingerprint density at radius 2 is 1.50 bits per heavy atom. The molecule has 0 radical (unpaired) electrons. The molecule has 2 aromatic rings. The van der Waals surface area contributed by atoms with E-state index in [1.807, 2.05) is 30.3 Å². The Bertz CT molecular complexity index is 568. The molecule has 0 heterocycles. The van der Waals surface area contributed by atoms with Gasteiger partial charge in [0.1, 0.15) is 0 Å². The van der Waals surface area contributed by atoms with E-state index < -0.39 is 0 Å². The predicted molar refractivity (Wildman–Crippen MR) is 74.6 cm³/mol. The van der Waals surface area contributed by atoms with E-state index in [1.54, 1.807) is 0 Å². The summed E-state index contributed by atoms with van der Waals surface area (Å²) in [7, 11) is 0. The zero-order valence-corrected chi connectivity index (χ0v) is 11.1. The van der Waals surface area contributed by atoms with Crippen molar-refractivity contribution in [2.45, 2.75) is 26.7 Å². The average Bonchev–Trinajstić information content (AvgIpc) is 2.34. The Labute approximate surface area is 109 Å². The molecule has 0 saturated heterocycles. The molecule has 0 aliphatic heterocycles. The quantitative estimate of drug-likeness (QED) is 0.762. The first-order valence-electron chi connectivity index (χ1n) is 6.16. The third-order valence-electron chi connectivity index (χ3n) is 3.29. The maximum Gasteiger partial charge on any atom is 0.0967 e. The second kappa shape index (κ2) is 5.06. The van der Waals surface area contributed by atoms with Crippen molar-refractivity contribution in [1.29, 1.82) is 5.26 Å². The first-order valence-corrected chi connectivity index (χ1v) is 6.16. The third-order valence-corrected chi connectivity index (χ3v) is 3.29. The van der Waals surface area contributed by atoms with Crippen LogP contribution >= 0.6 is 0 Å². The van der Waals surface area contributed by atoms with Gasteiger partial charge in [0, 0.05) is 0 Å². The molecule has 1 unspecified atom stereocenters. The van der Waals surface area contributed by atoms with Gasteiger partial charge in [-0.2, -0.15) is 5.26 Å². The summed E-state index contributed by atoms with van der Waals surface area (Å²) in [4.78, 5) is 0. The van der Waals surface area contributed by atoms with Crippen LogP contribution < -0.4 is 0 Å². The minimum atomic E-state index is -0.174. The van der Waals surface area contributed by atoms with Crippen molar-refractivity contribution in [2.75, 3.05) is 0 Å². The largest absolute Gasteiger partial charge is 0.197 e. The van der Waals surface area contributed by atoms with Crippen LogP contribution in [-0.4, -0.2) is 0 Å². The van der Waals surface area contributed by atoms with E-state index in [0.29, 0.717) is 0 Å². The molecule has 0 saturated carbocycles. The molecule has 18 heavy (non-hydrogen) atoms. The lowest BCUT2D eigenvalue weighted by Crippen LogP contribution is -2.04. The van der Waals surface area contributed by atoms with Gasteiger partial charge in [-0.1, -0.05) is 48.0 Å². The topological polar surface area (TPSA) is 23.8 Å². The predicted octanol–water partition coefficient (Wildman–Crippen LogP) is 4.27. The zero-order chi connectivity index (χ0) is 13.1. The molecule has 0 spiro atoms. The minimum Gasteiger partial charge on any atom is -0.197 e. The molecule has 0 N–H and O–H groups in total. The Balaban J connectivity index is 2.57. The highest BCUT2D eigenvalue weighted by atomic mass is 14.3. The van der Waals surface area contributed by atoms with Crippen LogP contribution in [0.5, 0.6) is 0 Å². The fourth-order valence-corrected chi connectivity index (χ4v) is 2.60. The van der Waals surface area contributed by atoms with Gasteiger partial charge in [0.05, 0.1) is 12.0 Å². The van der Waals surface area contributed by atoms with Gasteiger partial charge in [0.15, 0.2) is 0 Å². The van der Waals surface area contributed by atoms with Crippen LogP contribution in [0.25, 0.3) is 0 Å². The summed E-state index contributed by atoms with van der Waals surface area (Å²) in [5.41, 5.74) is 5.86. The van der Waals surface area contributed by atoms with Crippen LogP contribution in [0.2, 0.25) is 0 Å². The highest BCUT2D eigenvalue weighted by molar-refractivity contribution is 5.47. The van der Waals surface area contributed by atoms with Crippen molar-refractivity contribution in [2.24, 2.45) is 0 Å². The monoisotopic (exact) mass is 235 g/mol. The Morgan fingerprint density at radius 3 is 2.00 bits per heavy atom. The lowest BCUT2D eigenvalue weighted by molar-refractivity contribution is 0.996. The summed E-state index contributed by atoms with van der Waals surface area (Å²) >= 11 is 0. The van der Waals surface area contributed by atoms with E-state index in [-0.39, 0.29) is 5.92 Å². The number of aryl methyl sites for hydroxylation is 3. The summed E-state index contributed by atoms with van der Waals surface area (Å²) in [6, 6.07) is 16.7. The lowest BCUT2D eigenvalue weighted by Gasteiger charge is -2.16. The van der Waals surface area contributed by atoms with E-state index in [9.17, 15) is 5.26 Å². The van der Waals surface area contributed by atoms with Gasteiger partial charge in [0.25, 0.3) is 0 Å². The molecule has 0 bridgehead atoms. The standard InChI is InChI=1S/C17H17N/c1-12-9-13(2)17(14(3)10-12)16(11-18)15-7-5-4-6-8-15/h4-10,16H,1-3H3. The second-order valence-electron chi connectivity index (χ2n) is 4.79. The van der Waals surface area contributed by atoms with Crippen LogP contribution in [-0.2, 0) is 0 Å². The number of nitriles is 1. The van der Waals surface area contributed by atoms with Crippen LogP contribution in [0.4, 0.5) is 0 Å². The first kappa shape index (κ1) is 12.4. The first-order chi connectivity index (χ1) is 8.63. The molecule has 0 aromatic heterocycles. The number of rotatable bonds is 2. The van der Waals surface area contributed by atoms with E-state index in [0.717, 1.165) is 11.1 Å². The molecule has 2 aromatic carbocycles. The van der Waals surface area contributed by atoms with Gasteiger partial charge < -0.3 is 0 Å². The van der Waals surface area contributed by atoms with E-state index in [2.05, 4.69) is 39.0 Å². The number of benzene rings is 2. The Hall–Kier alpha value is -2.07. The molecular formula is C17H17N. The van der Waals surface area contributed by atoms with Gasteiger partial charge in [0.2, 0.25) is 0 Å². The Kier molecular flexibility index (Phi) is 3.48. The van der Waals surface area contributed by atoms with Crippen LogP contribution in [0.1, 0.15) is 33.7 Å². The smallest absolute Gasteiger partial charge is 0.0967 e. The van der Waals surface area contributed by atoms with Gasteiger partial charge in [-0.05, 0) is 43.0 Å². The zero-order valence-electron chi connectivity index (χ0n) is 11.1. The number of nitrogens with zero attached hydrogens (tertiary/aromatic N) is 1. The summed E-state index contributed by atoms with van der Waals surface area (Å²) < 4.78 is 0. The fourth-order valence-electron chi connectivity index (χ4n) is 2.60. The van der Waals surface area contributed by atoms with Crippen molar-refractivity contribution < 1.29 is 0 Å². The summed E-state index contributed by atoms with van der Waals surface area (Å²) in [6.07, 6.45) is 0. The van der Waals surface area contributed by atoms with Crippen LogP contribution in [0, 0.1) is 32.1 Å². The van der Waals surface area contributed by atoms with E-state index in [4.69, 9.17) is 0 Å². The Morgan fingerprint density at radius 1 is 0.944 bits per heavy atom. The molecule has 2 rings (SSSR count). The van der Waals surface area contributed by atoms with E-state index in [1.165, 1.54) is 16.7 Å². The fraction of sp³-hybridized carbons (Fsp3) is 0.235. The summed E-state index contributed by atoms with van der Waals surface area (Å²) in [5, 5.41) is 9.50. The maximum absolute atomic E-state index is 9.50. The summed E-state index contributed by atoms with van der Waals surface area (Å²) in [5.74, 6) is -0.174. The van der Waals surface area contributed by atoms with Gasteiger partial charge >= 0.3 is 0 Å². The normalized spacial score (nSPS) is 11.9. The molecule has 1 heteroatoms. The molecule has 0 aliphatic rings. The molecule has 0 aliphatic carbocycles. The van der Waals surface area contributed by atoms with Crippen molar-refractivity contribution in [3.63, 3.8) is 0 Å². The summed E-state index contributed by atoms with van der Waals surface area (Å²) in [6.45, 7) is 6.26. The molecule has 0 amide bonds. The van der Waals surface area contributed by atoms with Crippen LogP contribution in [0.15, 0.2) is 42.5 Å². The minimum absolute atomic E-state index is 0.174. The molecule has 0 fully saturated rings.